The first-order valence-electron chi connectivity index (χ1n) is 40.5. The number of hydrogen-bond donors (Lipinski definition) is 0. The van der Waals surface area contributed by atoms with Gasteiger partial charge in [0.2, 0.25) is 0 Å². The van der Waals surface area contributed by atoms with Crippen LogP contribution in [0.2, 0.25) is 0 Å². The van der Waals surface area contributed by atoms with E-state index in [0.29, 0.717) is 46.1 Å². The lowest BCUT2D eigenvalue weighted by Crippen LogP contribution is -2.00. The van der Waals surface area contributed by atoms with Crippen LogP contribution in [0.25, 0.3) is 221 Å². The number of aromatic nitrogens is 6. The summed E-state index contributed by atoms with van der Waals surface area (Å²) in [6.07, 6.45) is 0. The number of nitriles is 2. The third-order valence-electron chi connectivity index (χ3n) is 22.8. The summed E-state index contributed by atoms with van der Waals surface area (Å²) in [5.74, 6) is 3.77. The van der Waals surface area contributed by atoms with Crippen molar-refractivity contribution < 1.29 is 4.42 Å². The van der Waals surface area contributed by atoms with E-state index in [2.05, 4.69) is 261 Å². The summed E-state index contributed by atoms with van der Waals surface area (Å²) in [4.78, 5) is 29.4. The molecule has 0 aliphatic carbocycles. The maximum atomic E-state index is 10.2. The van der Waals surface area contributed by atoms with E-state index in [1.165, 1.54) is 31.3 Å². The van der Waals surface area contributed by atoms with Crippen LogP contribution >= 0.6 is 11.3 Å². The molecule has 0 aliphatic heterocycles. The zero-order valence-corrected chi connectivity index (χ0v) is 66.5. The number of hydrogen-bond acceptors (Lipinski definition) is 10. The Morgan fingerprint density at radius 1 is 0.197 bits per heavy atom. The number of fused-ring (bicyclic) bond motifs is 8. The van der Waals surface area contributed by atoms with Crippen molar-refractivity contribution >= 4 is 75.0 Å². The smallest absolute Gasteiger partial charge is 0.164 e. The molecule has 10 heteroatoms. The Labute approximate surface area is 708 Å². The Bertz CT molecular complexity index is 7270. The molecule has 122 heavy (non-hydrogen) atoms. The van der Waals surface area contributed by atoms with Crippen molar-refractivity contribution in [2.24, 2.45) is 0 Å². The molecule has 22 rings (SSSR count). The molecule has 0 bridgehead atoms. The summed E-state index contributed by atoms with van der Waals surface area (Å²) in [5, 5.41) is 29.7. The lowest BCUT2D eigenvalue weighted by Gasteiger charge is -2.14. The highest BCUT2D eigenvalue weighted by Crippen LogP contribution is 2.45. The standard InChI is InChI=1S/C56H34N4O.C56H34N4S/c2*57-35-36-32-43(37-22-24-39(25-23-37)47-19-11-20-51-50-18-9-10-21-52(50)61-53(47)51)34-44(33-36)46-31-30-45(48-16-7-8-17-49(46)48)38-26-28-42(29-27-38)56-59-54(40-12-3-1-4-13-40)58-55(60-56)41-14-5-2-6-15-41/h2*1-34H. The van der Waals surface area contributed by atoms with Crippen molar-refractivity contribution in [3.63, 3.8) is 0 Å². The van der Waals surface area contributed by atoms with Gasteiger partial charge in [0.15, 0.2) is 34.9 Å². The van der Waals surface area contributed by atoms with Gasteiger partial charge in [-0.05, 0) is 154 Å². The molecule has 0 fully saturated rings. The molecule has 0 saturated carbocycles. The minimum Gasteiger partial charge on any atom is -0.455 e. The highest BCUT2D eigenvalue weighted by Gasteiger charge is 2.21. The predicted octanol–water partition coefficient (Wildman–Crippen LogP) is 29.4. The fourth-order valence-electron chi connectivity index (χ4n) is 16.7. The minimum absolute atomic E-state index is 0.608. The minimum atomic E-state index is 0.608. The third kappa shape index (κ3) is 14.1. The fourth-order valence-corrected chi connectivity index (χ4v) is 18.0. The van der Waals surface area contributed by atoms with Crippen molar-refractivity contribution in [2.75, 3.05) is 0 Å². The topological polar surface area (TPSA) is 138 Å². The molecule has 0 radical (unpaired) electrons. The van der Waals surface area contributed by atoms with Gasteiger partial charge in [-0.15, -0.1) is 11.3 Å². The summed E-state index contributed by atoms with van der Waals surface area (Å²) < 4.78 is 8.93. The Kier molecular flexibility index (Phi) is 19.1. The van der Waals surface area contributed by atoms with Crippen LogP contribution in [-0.2, 0) is 0 Å². The first kappa shape index (κ1) is 73.1. The predicted molar refractivity (Wildman–Crippen MR) is 500 cm³/mol. The van der Waals surface area contributed by atoms with E-state index in [4.69, 9.17) is 34.3 Å². The Morgan fingerprint density at radius 3 is 0.885 bits per heavy atom. The number of benzene rings is 18. The first-order chi connectivity index (χ1) is 60.3. The molecule has 0 unspecified atom stereocenters. The van der Waals surface area contributed by atoms with Gasteiger partial charge in [0.05, 0.1) is 23.3 Å². The molecule has 9 nitrogen and oxygen atoms in total. The lowest BCUT2D eigenvalue weighted by molar-refractivity contribution is 0.670. The van der Waals surface area contributed by atoms with E-state index >= 15 is 0 Å². The van der Waals surface area contributed by atoms with Crippen LogP contribution in [0.15, 0.2) is 417 Å². The van der Waals surface area contributed by atoms with E-state index in [1.807, 2.05) is 175 Å². The van der Waals surface area contributed by atoms with Crippen LogP contribution in [0.5, 0.6) is 0 Å². The second kappa shape index (κ2) is 31.8. The number of furan rings is 1. The van der Waals surface area contributed by atoms with E-state index in [9.17, 15) is 10.5 Å². The van der Waals surface area contributed by atoms with Gasteiger partial charge in [0.1, 0.15) is 11.2 Å². The molecule has 0 spiro atoms. The molecule has 18 aromatic carbocycles. The molecule has 0 N–H and O–H groups in total. The molecule has 4 aromatic heterocycles. The van der Waals surface area contributed by atoms with Crippen LogP contribution in [0.3, 0.4) is 0 Å². The molecular formula is C112H68N8OS. The quantitative estimate of drug-likeness (QED) is 0.104. The second-order valence-electron chi connectivity index (χ2n) is 30.2. The van der Waals surface area contributed by atoms with Crippen molar-refractivity contribution in [3.05, 3.63) is 424 Å². The molecule has 0 saturated heterocycles. The number of thiophene rings is 1. The number of para-hydroxylation sites is 2. The highest BCUT2D eigenvalue weighted by atomic mass is 32.1. The molecule has 4 heterocycles. The maximum Gasteiger partial charge on any atom is 0.164 e. The van der Waals surface area contributed by atoms with Crippen LogP contribution in [0.4, 0.5) is 0 Å². The summed E-state index contributed by atoms with van der Waals surface area (Å²) in [6.45, 7) is 0. The number of rotatable bonds is 14. The van der Waals surface area contributed by atoms with E-state index in [0.717, 1.165) is 155 Å². The molecule has 0 atom stereocenters. The largest absolute Gasteiger partial charge is 0.455 e. The lowest BCUT2D eigenvalue weighted by atomic mass is 9.89. The average Bonchev–Trinajstić information content (AvgIpc) is 1.30. The Balaban J connectivity index is 0.000000150. The molecule has 0 aliphatic rings. The van der Waals surface area contributed by atoms with Gasteiger partial charge in [0, 0.05) is 69.9 Å². The van der Waals surface area contributed by atoms with E-state index in [-0.39, 0.29) is 0 Å². The van der Waals surface area contributed by atoms with Crippen molar-refractivity contribution in [1.82, 2.24) is 29.9 Å². The van der Waals surface area contributed by atoms with Crippen molar-refractivity contribution in [1.29, 1.82) is 10.5 Å². The highest BCUT2D eigenvalue weighted by molar-refractivity contribution is 7.26. The van der Waals surface area contributed by atoms with Crippen LogP contribution in [0, 0.1) is 22.7 Å². The fraction of sp³-hybridized carbons (Fsp3) is 0. The van der Waals surface area contributed by atoms with E-state index in [1.54, 1.807) is 0 Å². The summed E-state index contributed by atoms with van der Waals surface area (Å²) >= 11 is 1.84. The SMILES string of the molecule is N#Cc1cc(-c2ccc(-c3cccc4c3oc3ccccc34)cc2)cc(-c2ccc(-c3ccc(-c4nc(-c5ccccc5)nc(-c5ccccc5)n4)cc3)c3ccccc23)c1.N#Cc1cc(-c2ccc(-c3cccc4c3sc3ccccc34)cc2)cc(-c2ccc(-c3ccc(-c4nc(-c5ccccc5)nc(-c5ccccc5)n4)cc3)c3ccccc23)c1. The third-order valence-corrected chi connectivity index (χ3v) is 24.0. The zero-order valence-electron chi connectivity index (χ0n) is 65.7. The zero-order chi connectivity index (χ0) is 81.4. The van der Waals surface area contributed by atoms with Gasteiger partial charge in [-0.2, -0.15) is 10.5 Å². The van der Waals surface area contributed by atoms with Gasteiger partial charge < -0.3 is 4.42 Å². The summed E-state index contributed by atoms with van der Waals surface area (Å²) in [5.41, 5.74) is 25.7. The molecule has 0 amide bonds. The van der Waals surface area contributed by atoms with Gasteiger partial charge in [-0.3, -0.25) is 0 Å². The molecule has 568 valence electrons. The molecular weight excluding hydrogens is 1510 g/mol. The average molecular weight is 1570 g/mol. The second-order valence-corrected chi connectivity index (χ2v) is 31.2. The first-order valence-corrected chi connectivity index (χ1v) is 41.3. The van der Waals surface area contributed by atoms with Gasteiger partial charge in [-0.25, -0.2) is 29.9 Å². The summed E-state index contributed by atoms with van der Waals surface area (Å²) in [7, 11) is 0. The van der Waals surface area contributed by atoms with Crippen molar-refractivity contribution in [3.8, 4) is 169 Å². The van der Waals surface area contributed by atoms with E-state index < -0.39 is 0 Å². The molecule has 22 aromatic rings. The van der Waals surface area contributed by atoms with Gasteiger partial charge in [0.25, 0.3) is 0 Å². The Morgan fingerprint density at radius 2 is 0.484 bits per heavy atom. The number of nitrogens with zero attached hydrogens (tertiary/aromatic N) is 8. The van der Waals surface area contributed by atoms with Gasteiger partial charge >= 0.3 is 0 Å². The van der Waals surface area contributed by atoms with Gasteiger partial charge in [-0.1, -0.05) is 364 Å². The van der Waals surface area contributed by atoms with Crippen molar-refractivity contribution in [2.45, 2.75) is 0 Å². The van der Waals surface area contributed by atoms with Crippen LogP contribution < -0.4 is 0 Å². The Hall–Kier alpha value is -16.5. The maximum absolute atomic E-state index is 10.2. The van der Waals surface area contributed by atoms with Crippen LogP contribution in [-0.4, -0.2) is 29.9 Å². The van der Waals surface area contributed by atoms with Crippen LogP contribution in [0.1, 0.15) is 11.1 Å². The monoisotopic (exact) mass is 1570 g/mol. The summed E-state index contributed by atoms with van der Waals surface area (Å²) in [6, 6.07) is 147. The normalized spacial score (nSPS) is 11.3.